The Labute approximate surface area is 209 Å². The first-order valence-corrected chi connectivity index (χ1v) is 13.3. The lowest BCUT2D eigenvalue weighted by Gasteiger charge is -2.38. The van der Waals surface area contributed by atoms with Crippen molar-refractivity contribution in [2.75, 3.05) is 5.32 Å². The maximum Gasteiger partial charge on any atom is 0.335 e. The second kappa shape index (κ2) is 12.0. The van der Waals surface area contributed by atoms with Gasteiger partial charge in [0.05, 0.1) is 5.92 Å². The molecule has 0 aliphatic rings. The fourth-order valence-corrected chi connectivity index (χ4v) is 4.61. The minimum absolute atomic E-state index is 0.0240. The van der Waals surface area contributed by atoms with Crippen LogP contribution in [0.5, 0.6) is 0 Å². The molecule has 1 aromatic heterocycles. The Balaban J connectivity index is 3.04. The number of amides is 1. The summed E-state index contributed by atoms with van der Waals surface area (Å²) in [4.78, 5) is 36.0. The van der Waals surface area contributed by atoms with Gasteiger partial charge in [0.1, 0.15) is 17.3 Å². The number of nitrogens with one attached hydrogen (secondary N) is 1. The van der Waals surface area contributed by atoms with Crippen LogP contribution < -0.4 is 5.32 Å². The van der Waals surface area contributed by atoms with Crippen LogP contribution >= 0.6 is 11.3 Å². The van der Waals surface area contributed by atoms with Crippen LogP contribution in [-0.2, 0) is 33.9 Å². The summed E-state index contributed by atoms with van der Waals surface area (Å²) in [5, 5.41) is 19.0. The van der Waals surface area contributed by atoms with Gasteiger partial charge in [0.25, 0.3) is 4.34 Å². The Kier molecular flexibility index (Phi) is 10.5. The monoisotopic (exact) mass is 534 g/mol. The molecule has 0 spiro atoms. The number of anilines is 1. The highest BCUT2D eigenvalue weighted by atomic mass is 32.2. The van der Waals surface area contributed by atoms with Crippen LogP contribution in [0.2, 0.25) is 0 Å². The molecule has 14 heteroatoms. The third-order valence-electron chi connectivity index (χ3n) is 5.98. The van der Waals surface area contributed by atoms with Crippen LogP contribution in [0.25, 0.3) is 0 Å². The van der Waals surface area contributed by atoms with Gasteiger partial charge >= 0.3 is 22.0 Å². The maximum atomic E-state index is 13.0. The summed E-state index contributed by atoms with van der Waals surface area (Å²) in [6.45, 7) is 12.5. The Bertz CT molecular complexity index is 1060. The van der Waals surface area contributed by atoms with Gasteiger partial charge in [-0.05, 0) is 40.5 Å². The predicted octanol–water partition coefficient (Wildman–Crippen LogP) is 2.33. The van der Waals surface area contributed by atoms with Gasteiger partial charge in [0.15, 0.2) is 0 Å². The molecule has 1 heterocycles. The maximum absolute atomic E-state index is 13.0. The number of hydrogen-bond acceptors (Lipinski definition) is 11. The molecule has 0 saturated carbocycles. The van der Waals surface area contributed by atoms with Gasteiger partial charge in [-0.2, -0.15) is 12.8 Å². The van der Waals surface area contributed by atoms with Gasteiger partial charge in [0.2, 0.25) is 11.0 Å². The number of carbonyl (C=O) groups excluding carboxylic acids is 3. The number of nitrogens with zero attached hydrogens (tertiary/aromatic N) is 3. The van der Waals surface area contributed by atoms with Gasteiger partial charge in [0, 0.05) is 19.1 Å². The minimum atomic E-state index is -4.19. The first-order chi connectivity index (χ1) is 16.0. The summed E-state index contributed by atoms with van der Waals surface area (Å²) in [5.41, 5.74) is -2.35. The predicted molar refractivity (Wildman–Crippen MR) is 129 cm³/mol. The van der Waals surface area contributed by atoms with E-state index in [4.69, 9.17) is 9.47 Å². The van der Waals surface area contributed by atoms with E-state index in [2.05, 4.69) is 19.9 Å². The van der Waals surface area contributed by atoms with E-state index in [1.807, 2.05) is 0 Å². The van der Waals surface area contributed by atoms with E-state index in [-0.39, 0.29) is 5.13 Å². The second-order valence-corrected chi connectivity index (χ2v) is 11.4. The molecule has 2 N–H and O–H groups in total. The Morgan fingerprint density at radius 3 is 2.11 bits per heavy atom. The summed E-state index contributed by atoms with van der Waals surface area (Å²) >= 11 is 0.659. The number of sulfonamides is 1. The molecule has 5 unspecified atom stereocenters. The zero-order valence-electron chi connectivity index (χ0n) is 21.2. The van der Waals surface area contributed by atoms with Crippen LogP contribution in [0.4, 0.5) is 5.13 Å². The molecule has 1 amide bonds. The van der Waals surface area contributed by atoms with E-state index in [9.17, 15) is 27.9 Å². The molecule has 35 heavy (non-hydrogen) atoms. The summed E-state index contributed by atoms with van der Waals surface area (Å²) in [6, 6.07) is 0. The van der Waals surface area contributed by atoms with Gasteiger partial charge in [-0.3, -0.25) is 9.59 Å². The van der Waals surface area contributed by atoms with Crippen molar-refractivity contribution in [1.29, 1.82) is 0 Å². The Hall–Kier alpha value is -2.45. The molecule has 1 aromatic rings. The van der Waals surface area contributed by atoms with Gasteiger partial charge in [-0.1, -0.05) is 32.1 Å². The number of rotatable bonds is 12. The SMILES string of the molecule is CCC(C)(OC(=O)C(C)C(C)(CC)OC(=O)C(C)O)C(C)/C=N/S(=O)(=O)c1nnc(NC(C)=O)s1. The molecule has 0 aromatic carbocycles. The zero-order chi connectivity index (χ0) is 27.2. The van der Waals surface area contributed by atoms with Gasteiger partial charge in [-0.25, -0.2) is 4.79 Å². The number of aliphatic hydroxyl groups is 1. The molecule has 198 valence electrons. The molecule has 0 aliphatic heterocycles. The van der Waals surface area contributed by atoms with Crippen molar-refractivity contribution in [1.82, 2.24) is 10.2 Å². The summed E-state index contributed by atoms with van der Waals surface area (Å²) in [7, 11) is -4.19. The van der Waals surface area contributed by atoms with E-state index >= 15 is 0 Å². The van der Waals surface area contributed by atoms with Crippen LogP contribution in [0.15, 0.2) is 8.74 Å². The smallest absolute Gasteiger partial charge is 0.335 e. The van der Waals surface area contributed by atoms with Crippen LogP contribution in [-0.4, -0.2) is 65.1 Å². The van der Waals surface area contributed by atoms with Crippen molar-refractivity contribution in [3.63, 3.8) is 0 Å². The molecule has 0 bridgehead atoms. The molecular formula is C21H34N4O8S2. The molecule has 0 saturated heterocycles. The fourth-order valence-electron chi connectivity index (χ4n) is 2.73. The molecule has 5 atom stereocenters. The van der Waals surface area contributed by atoms with Crippen molar-refractivity contribution in [2.24, 2.45) is 16.2 Å². The first kappa shape index (κ1) is 30.6. The van der Waals surface area contributed by atoms with Crippen molar-refractivity contribution in [3.8, 4) is 0 Å². The second-order valence-electron chi connectivity index (χ2n) is 8.64. The summed E-state index contributed by atoms with van der Waals surface area (Å²) in [5.74, 6) is -3.42. The number of ether oxygens (including phenoxy) is 2. The lowest BCUT2D eigenvalue weighted by atomic mass is 9.86. The van der Waals surface area contributed by atoms with E-state index in [0.717, 1.165) is 6.21 Å². The average molecular weight is 535 g/mol. The third-order valence-corrected chi connectivity index (χ3v) is 8.42. The van der Waals surface area contributed by atoms with E-state index in [1.54, 1.807) is 41.5 Å². The number of esters is 2. The van der Waals surface area contributed by atoms with E-state index in [0.29, 0.717) is 24.2 Å². The molecule has 0 radical (unpaired) electrons. The van der Waals surface area contributed by atoms with Crippen molar-refractivity contribution in [3.05, 3.63) is 0 Å². The van der Waals surface area contributed by atoms with Crippen molar-refractivity contribution < 1.29 is 37.4 Å². The van der Waals surface area contributed by atoms with Crippen molar-refractivity contribution in [2.45, 2.75) is 89.9 Å². The molecule has 0 fully saturated rings. The quantitative estimate of drug-likeness (QED) is 0.230. The molecular weight excluding hydrogens is 500 g/mol. The largest absolute Gasteiger partial charge is 0.458 e. The highest BCUT2D eigenvalue weighted by Crippen LogP contribution is 2.32. The topological polar surface area (TPSA) is 174 Å². The highest BCUT2D eigenvalue weighted by Gasteiger charge is 2.43. The molecule has 1 rings (SSSR count). The molecule has 0 aliphatic carbocycles. The number of hydrogen-bond donors (Lipinski definition) is 2. The number of carbonyl (C=O) groups is 3. The lowest BCUT2D eigenvalue weighted by molar-refractivity contribution is -0.187. The standard InChI is InChI=1S/C21H34N4O8S2/c1-9-20(7,32-16(28)13(4)21(8,10-2)33-17(29)14(5)26)12(3)11-22-35(30,31)19-25-24-18(34-19)23-15(6)27/h11-14,26H,9-10H2,1-8H3,(H,23,24,27)/b22-11+. The van der Waals surface area contributed by atoms with E-state index in [1.165, 1.54) is 13.8 Å². The van der Waals surface area contributed by atoms with Gasteiger partial charge < -0.3 is 19.9 Å². The van der Waals surface area contributed by atoms with Crippen LogP contribution in [0.3, 0.4) is 0 Å². The van der Waals surface area contributed by atoms with Crippen LogP contribution in [0.1, 0.15) is 68.2 Å². The third kappa shape index (κ3) is 8.04. The van der Waals surface area contributed by atoms with Crippen molar-refractivity contribution >= 4 is 50.6 Å². The average Bonchev–Trinajstić information content (AvgIpc) is 3.25. The Morgan fingerprint density at radius 2 is 1.63 bits per heavy atom. The lowest BCUT2D eigenvalue weighted by Crippen LogP contribution is -2.47. The van der Waals surface area contributed by atoms with E-state index < -0.39 is 61.4 Å². The minimum Gasteiger partial charge on any atom is -0.458 e. The highest BCUT2D eigenvalue weighted by molar-refractivity contribution is 7.92. The van der Waals surface area contributed by atoms with Crippen LogP contribution in [0, 0.1) is 11.8 Å². The summed E-state index contributed by atoms with van der Waals surface area (Å²) < 4.78 is 39.5. The first-order valence-electron chi connectivity index (χ1n) is 11.1. The number of aromatic nitrogens is 2. The normalized spacial score (nSPS) is 18.1. The van der Waals surface area contributed by atoms with Gasteiger partial charge in [-0.15, -0.1) is 10.2 Å². The fraction of sp³-hybridized carbons (Fsp3) is 0.714. The summed E-state index contributed by atoms with van der Waals surface area (Å²) in [6.07, 6.45) is 0.441. The molecule has 12 nitrogen and oxygen atoms in total. The Morgan fingerprint density at radius 1 is 1.09 bits per heavy atom. The number of aliphatic hydroxyl groups excluding tert-OH is 1. The zero-order valence-corrected chi connectivity index (χ0v) is 22.8.